The molecule has 1 saturated heterocycles. The van der Waals surface area contributed by atoms with Crippen molar-refractivity contribution in [3.63, 3.8) is 0 Å². The highest BCUT2D eigenvalue weighted by Crippen LogP contribution is 2.28. The van der Waals surface area contributed by atoms with Gasteiger partial charge in [0.2, 0.25) is 11.8 Å². The third kappa shape index (κ3) is 3.16. The molecule has 5 heteroatoms. The van der Waals surface area contributed by atoms with Crippen LogP contribution >= 0.6 is 0 Å². The van der Waals surface area contributed by atoms with Crippen LogP contribution in [-0.4, -0.2) is 23.9 Å². The van der Waals surface area contributed by atoms with Crippen LogP contribution in [0.25, 0.3) is 0 Å². The van der Waals surface area contributed by atoms with E-state index in [9.17, 15) is 9.59 Å². The van der Waals surface area contributed by atoms with Gasteiger partial charge in [0.1, 0.15) is 6.04 Å². The Bertz CT molecular complexity index is 718. The van der Waals surface area contributed by atoms with E-state index in [0.29, 0.717) is 6.42 Å². The fourth-order valence-electron chi connectivity index (χ4n) is 3.23. The van der Waals surface area contributed by atoms with Gasteiger partial charge < -0.3 is 10.6 Å². The molecule has 2 amide bonds. The molecule has 2 aromatic rings. The summed E-state index contributed by atoms with van der Waals surface area (Å²) in [5, 5.41) is 3.15. The average Bonchev–Trinajstić information content (AvgIpc) is 2.87. The van der Waals surface area contributed by atoms with Crippen LogP contribution in [0, 0.1) is 0 Å². The van der Waals surface area contributed by atoms with E-state index in [4.69, 9.17) is 5.73 Å². The molecule has 3 N–H and O–H groups in total. The van der Waals surface area contributed by atoms with Crippen molar-refractivity contribution in [3.05, 3.63) is 66.2 Å². The molecule has 5 nitrogen and oxygen atoms in total. The molecule has 0 saturated carbocycles. The molecule has 0 bridgehead atoms. The van der Waals surface area contributed by atoms with Crippen LogP contribution in [0.15, 0.2) is 60.7 Å². The summed E-state index contributed by atoms with van der Waals surface area (Å²) in [7, 11) is 0. The monoisotopic (exact) mass is 323 g/mol. The third-order valence-corrected chi connectivity index (χ3v) is 4.37. The topological polar surface area (TPSA) is 75.4 Å². The largest absolute Gasteiger partial charge is 0.368 e. The van der Waals surface area contributed by atoms with E-state index in [1.165, 1.54) is 0 Å². The molecule has 1 fully saturated rings. The lowest BCUT2D eigenvalue weighted by atomic mass is 10.0. The second kappa shape index (κ2) is 6.84. The van der Waals surface area contributed by atoms with Gasteiger partial charge in [-0.05, 0) is 31.0 Å². The summed E-state index contributed by atoms with van der Waals surface area (Å²) in [6.07, 6.45) is 0.629. The number of nitrogens with one attached hydrogen (secondary N) is 1. The highest BCUT2D eigenvalue weighted by molar-refractivity contribution is 6.00. The first-order valence-corrected chi connectivity index (χ1v) is 8.06. The van der Waals surface area contributed by atoms with Gasteiger partial charge in [-0.1, -0.05) is 48.5 Å². The first kappa shape index (κ1) is 16.2. The highest BCUT2D eigenvalue weighted by atomic mass is 16.2. The second-order valence-electron chi connectivity index (χ2n) is 6.09. The molecule has 1 heterocycles. The van der Waals surface area contributed by atoms with Gasteiger partial charge in [0, 0.05) is 11.7 Å². The number of benzene rings is 2. The fraction of sp³-hybridized carbons (Fsp3) is 0.263. The molecule has 124 valence electrons. The Morgan fingerprint density at radius 2 is 1.71 bits per heavy atom. The quantitative estimate of drug-likeness (QED) is 0.883. The van der Waals surface area contributed by atoms with Gasteiger partial charge in [-0.15, -0.1) is 0 Å². The van der Waals surface area contributed by atoms with E-state index in [1.807, 2.05) is 67.6 Å². The van der Waals surface area contributed by atoms with Gasteiger partial charge in [0.25, 0.3) is 0 Å². The lowest BCUT2D eigenvalue weighted by Gasteiger charge is -2.22. The van der Waals surface area contributed by atoms with Gasteiger partial charge in [0.05, 0.1) is 6.04 Å². The van der Waals surface area contributed by atoms with Crippen molar-refractivity contribution in [2.75, 3.05) is 4.90 Å². The SMILES string of the molecule is CC1CC(NC(C(N)=O)c2ccccc2)C(=O)N1c1ccccc1. The number of anilines is 1. The summed E-state index contributed by atoms with van der Waals surface area (Å²) >= 11 is 0. The average molecular weight is 323 g/mol. The zero-order chi connectivity index (χ0) is 17.1. The number of rotatable bonds is 5. The van der Waals surface area contributed by atoms with Gasteiger partial charge in [0.15, 0.2) is 0 Å². The Balaban J connectivity index is 1.80. The molecule has 1 aliphatic heterocycles. The predicted molar refractivity (Wildman–Crippen MR) is 93.3 cm³/mol. The van der Waals surface area contributed by atoms with Crippen molar-refractivity contribution < 1.29 is 9.59 Å². The number of carbonyl (C=O) groups excluding carboxylic acids is 2. The van der Waals surface area contributed by atoms with Crippen LogP contribution in [-0.2, 0) is 9.59 Å². The maximum atomic E-state index is 12.8. The van der Waals surface area contributed by atoms with Crippen molar-refractivity contribution >= 4 is 17.5 Å². The molecular weight excluding hydrogens is 302 g/mol. The number of para-hydroxylation sites is 1. The van der Waals surface area contributed by atoms with Crippen LogP contribution in [0.4, 0.5) is 5.69 Å². The summed E-state index contributed by atoms with van der Waals surface area (Å²) < 4.78 is 0. The van der Waals surface area contributed by atoms with Crippen LogP contribution in [0.5, 0.6) is 0 Å². The summed E-state index contributed by atoms with van der Waals surface area (Å²) in [6, 6.07) is 17.8. The number of primary amides is 1. The lowest BCUT2D eigenvalue weighted by molar-refractivity contribution is -0.121. The zero-order valence-corrected chi connectivity index (χ0v) is 13.6. The standard InChI is InChI=1S/C19H21N3O2/c1-13-12-16(19(24)22(13)15-10-6-3-7-11-15)21-17(18(20)23)14-8-4-2-5-9-14/h2-11,13,16-17,21H,12H2,1H3,(H2,20,23). The summed E-state index contributed by atoms with van der Waals surface area (Å²) in [4.78, 5) is 26.5. The molecule has 24 heavy (non-hydrogen) atoms. The maximum absolute atomic E-state index is 12.8. The summed E-state index contributed by atoms with van der Waals surface area (Å²) in [6.45, 7) is 2.01. The minimum absolute atomic E-state index is 0.0316. The molecule has 3 rings (SSSR count). The van der Waals surface area contributed by atoms with Crippen molar-refractivity contribution in [1.29, 1.82) is 0 Å². The van der Waals surface area contributed by atoms with Gasteiger partial charge in [-0.3, -0.25) is 14.9 Å². The number of hydrogen-bond acceptors (Lipinski definition) is 3. The van der Waals surface area contributed by atoms with E-state index in [2.05, 4.69) is 5.32 Å². The Hall–Kier alpha value is -2.66. The Morgan fingerprint density at radius 1 is 1.12 bits per heavy atom. The Labute approximate surface area is 141 Å². The van der Waals surface area contributed by atoms with Gasteiger partial charge >= 0.3 is 0 Å². The van der Waals surface area contributed by atoms with Crippen LogP contribution < -0.4 is 16.0 Å². The number of nitrogens with zero attached hydrogens (tertiary/aromatic N) is 1. The highest BCUT2D eigenvalue weighted by Gasteiger charge is 2.39. The maximum Gasteiger partial charge on any atom is 0.244 e. The number of amides is 2. The molecule has 0 aliphatic carbocycles. The Kier molecular flexibility index (Phi) is 4.62. The molecule has 0 radical (unpaired) electrons. The minimum Gasteiger partial charge on any atom is -0.368 e. The molecule has 3 atom stereocenters. The molecule has 1 aliphatic rings. The van der Waals surface area contributed by atoms with E-state index in [-0.39, 0.29) is 11.9 Å². The summed E-state index contributed by atoms with van der Waals surface area (Å²) in [5.41, 5.74) is 7.18. The molecular formula is C19H21N3O2. The minimum atomic E-state index is -0.678. The van der Waals surface area contributed by atoms with Crippen molar-refractivity contribution in [2.24, 2.45) is 5.73 Å². The lowest BCUT2D eigenvalue weighted by Crippen LogP contribution is -2.44. The molecule has 0 aromatic heterocycles. The first-order valence-electron chi connectivity index (χ1n) is 8.06. The molecule has 3 unspecified atom stereocenters. The van der Waals surface area contributed by atoms with E-state index in [1.54, 1.807) is 4.90 Å². The van der Waals surface area contributed by atoms with Gasteiger partial charge in [-0.25, -0.2) is 0 Å². The van der Waals surface area contributed by atoms with E-state index < -0.39 is 18.0 Å². The molecule has 0 spiro atoms. The van der Waals surface area contributed by atoms with Crippen LogP contribution in [0.2, 0.25) is 0 Å². The van der Waals surface area contributed by atoms with Crippen molar-refractivity contribution in [3.8, 4) is 0 Å². The van der Waals surface area contributed by atoms with E-state index in [0.717, 1.165) is 11.3 Å². The predicted octanol–water partition coefficient (Wildman–Crippen LogP) is 2.00. The zero-order valence-electron chi connectivity index (χ0n) is 13.6. The van der Waals surface area contributed by atoms with E-state index >= 15 is 0 Å². The molecule has 2 aromatic carbocycles. The normalized spacial score (nSPS) is 21.7. The van der Waals surface area contributed by atoms with Crippen LogP contribution in [0.1, 0.15) is 24.9 Å². The summed E-state index contributed by atoms with van der Waals surface area (Å²) in [5.74, 6) is -0.518. The van der Waals surface area contributed by atoms with Crippen molar-refractivity contribution in [2.45, 2.75) is 31.5 Å². The smallest absolute Gasteiger partial charge is 0.244 e. The third-order valence-electron chi connectivity index (χ3n) is 4.37. The number of nitrogens with two attached hydrogens (primary N) is 1. The second-order valence-corrected chi connectivity index (χ2v) is 6.09. The first-order chi connectivity index (χ1) is 11.6. The number of carbonyl (C=O) groups is 2. The fourth-order valence-corrected chi connectivity index (χ4v) is 3.23. The number of hydrogen-bond donors (Lipinski definition) is 2. The Morgan fingerprint density at radius 3 is 2.29 bits per heavy atom. The van der Waals surface area contributed by atoms with Gasteiger partial charge in [-0.2, -0.15) is 0 Å². The van der Waals surface area contributed by atoms with Crippen molar-refractivity contribution in [1.82, 2.24) is 5.32 Å². The van der Waals surface area contributed by atoms with Crippen LogP contribution in [0.3, 0.4) is 0 Å².